The fourth-order valence-electron chi connectivity index (χ4n) is 3.44. The number of hydrogen-bond acceptors (Lipinski definition) is 2. The Kier molecular flexibility index (Phi) is 3.56. The first-order chi connectivity index (χ1) is 9.24. The largest absolute Gasteiger partial charge is 0.353 e. The Balaban J connectivity index is 1.61. The standard InChI is InChI=1S/C16H22N2O/c17-15-7-3-6-14(15)16(19)18-13-9-8-11-4-1-2-5-12(11)10-13/h1-2,4-5,13-15H,3,6-10,17H2,(H,18,19). The summed E-state index contributed by atoms with van der Waals surface area (Å²) in [5.41, 5.74) is 8.82. The van der Waals surface area contributed by atoms with E-state index >= 15 is 0 Å². The van der Waals surface area contributed by atoms with Crippen LogP contribution in [0.4, 0.5) is 0 Å². The highest BCUT2D eigenvalue weighted by Gasteiger charge is 2.31. The second-order valence-corrected chi connectivity index (χ2v) is 5.92. The fourth-order valence-corrected chi connectivity index (χ4v) is 3.44. The average Bonchev–Trinajstić information content (AvgIpc) is 2.85. The van der Waals surface area contributed by atoms with E-state index in [2.05, 4.69) is 29.6 Å². The van der Waals surface area contributed by atoms with Crippen LogP contribution in [-0.4, -0.2) is 18.0 Å². The number of hydrogen-bond donors (Lipinski definition) is 2. The first-order valence-electron chi connectivity index (χ1n) is 7.37. The Labute approximate surface area is 114 Å². The lowest BCUT2D eigenvalue weighted by Crippen LogP contribution is -2.45. The highest BCUT2D eigenvalue weighted by atomic mass is 16.2. The van der Waals surface area contributed by atoms with Crippen LogP contribution in [-0.2, 0) is 17.6 Å². The first kappa shape index (κ1) is 12.7. The SMILES string of the molecule is NC1CCCC1C(=O)NC1CCc2ccccc2C1. The van der Waals surface area contributed by atoms with Gasteiger partial charge in [-0.15, -0.1) is 0 Å². The maximum absolute atomic E-state index is 12.2. The molecule has 3 unspecified atom stereocenters. The summed E-state index contributed by atoms with van der Waals surface area (Å²) >= 11 is 0. The Bertz CT molecular complexity index is 472. The van der Waals surface area contributed by atoms with Gasteiger partial charge in [0.1, 0.15) is 0 Å². The molecule has 1 amide bonds. The molecule has 1 aromatic rings. The van der Waals surface area contributed by atoms with Crippen LogP contribution in [0.2, 0.25) is 0 Å². The highest BCUT2D eigenvalue weighted by Crippen LogP contribution is 2.25. The molecule has 0 aromatic heterocycles. The highest BCUT2D eigenvalue weighted by molar-refractivity contribution is 5.80. The summed E-state index contributed by atoms with van der Waals surface area (Å²) in [6.07, 6.45) is 6.11. The van der Waals surface area contributed by atoms with Crippen molar-refractivity contribution in [2.24, 2.45) is 11.7 Å². The number of nitrogens with one attached hydrogen (secondary N) is 1. The molecule has 3 nitrogen and oxygen atoms in total. The first-order valence-corrected chi connectivity index (χ1v) is 7.37. The van der Waals surface area contributed by atoms with Gasteiger partial charge in [0.15, 0.2) is 0 Å². The molecule has 102 valence electrons. The number of benzene rings is 1. The van der Waals surface area contributed by atoms with Crippen molar-refractivity contribution in [3.63, 3.8) is 0 Å². The van der Waals surface area contributed by atoms with Crippen molar-refractivity contribution >= 4 is 5.91 Å². The van der Waals surface area contributed by atoms with Gasteiger partial charge in [0, 0.05) is 12.1 Å². The molecule has 0 heterocycles. The summed E-state index contributed by atoms with van der Waals surface area (Å²) in [5, 5.41) is 3.21. The average molecular weight is 258 g/mol. The predicted molar refractivity (Wildman–Crippen MR) is 75.7 cm³/mol. The summed E-state index contributed by atoms with van der Waals surface area (Å²) < 4.78 is 0. The minimum Gasteiger partial charge on any atom is -0.353 e. The van der Waals surface area contributed by atoms with Crippen LogP contribution in [0.15, 0.2) is 24.3 Å². The van der Waals surface area contributed by atoms with Gasteiger partial charge in [0.2, 0.25) is 5.91 Å². The summed E-state index contributed by atoms with van der Waals surface area (Å²) in [6.45, 7) is 0. The van der Waals surface area contributed by atoms with E-state index in [9.17, 15) is 4.79 Å². The van der Waals surface area contributed by atoms with Gasteiger partial charge in [0.25, 0.3) is 0 Å². The van der Waals surface area contributed by atoms with Gasteiger partial charge in [-0.25, -0.2) is 0 Å². The van der Waals surface area contributed by atoms with Crippen LogP contribution in [0.5, 0.6) is 0 Å². The van der Waals surface area contributed by atoms with E-state index in [0.29, 0.717) is 0 Å². The second kappa shape index (κ2) is 5.33. The maximum atomic E-state index is 12.2. The zero-order valence-corrected chi connectivity index (χ0v) is 11.3. The maximum Gasteiger partial charge on any atom is 0.224 e. The van der Waals surface area contributed by atoms with Crippen molar-refractivity contribution in [2.45, 2.75) is 50.6 Å². The smallest absolute Gasteiger partial charge is 0.224 e. The van der Waals surface area contributed by atoms with Crippen LogP contribution < -0.4 is 11.1 Å². The number of nitrogens with two attached hydrogens (primary N) is 1. The molecule has 0 saturated heterocycles. The van der Waals surface area contributed by atoms with E-state index in [1.54, 1.807) is 0 Å². The Morgan fingerprint density at radius 3 is 2.68 bits per heavy atom. The van der Waals surface area contributed by atoms with Gasteiger partial charge >= 0.3 is 0 Å². The fraction of sp³-hybridized carbons (Fsp3) is 0.562. The van der Waals surface area contributed by atoms with Gasteiger partial charge < -0.3 is 11.1 Å². The lowest BCUT2D eigenvalue weighted by molar-refractivity contribution is -0.125. The quantitative estimate of drug-likeness (QED) is 0.849. The van der Waals surface area contributed by atoms with E-state index in [4.69, 9.17) is 5.73 Å². The molecule has 1 fully saturated rings. The van der Waals surface area contributed by atoms with Crippen LogP contribution in [0.1, 0.15) is 36.8 Å². The van der Waals surface area contributed by atoms with Gasteiger partial charge in [-0.1, -0.05) is 30.7 Å². The van der Waals surface area contributed by atoms with E-state index in [1.165, 1.54) is 11.1 Å². The Hall–Kier alpha value is -1.35. The molecule has 0 spiro atoms. The summed E-state index contributed by atoms with van der Waals surface area (Å²) in [7, 11) is 0. The molecule has 1 saturated carbocycles. The number of aryl methyl sites for hydroxylation is 1. The van der Waals surface area contributed by atoms with E-state index in [-0.39, 0.29) is 23.9 Å². The summed E-state index contributed by atoms with van der Waals surface area (Å²) in [6, 6.07) is 8.89. The Morgan fingerprint density at radius 2 is 1.95 bits per heavy atom. The van der Waals surface area contributed by atoms with Crippen molar-refractivity contribution in [1.29, 1.82) is 0 Å². The third-order valence-electron chi connectivity index (χ3n) is 4.60. The normalized spacial score (nSPS) is 29.8. The molecule has 2 aliphatic carbocycles. The van der Waals surface area contributed by atoms with Gasteiger partial charge in [-0.2, -0.15) is 0 Å². The van der Waals surface area contributed by atoms with Gasteiger partial charge in [0.05, 0.1) is 5.92 Å². The third kappa shape index (κ3) is 2.66. The number of fused-ring (bicyclic) bond motifs is 1. The molecular formula is C16H22N2O. The van der Waals surface area contributed by atoms with Crippen molar-refractivity contribution in [2.75, 3.05) is 0 Å². The molecule has 3 heteroatoms. The molecule has 1 aromatic carbocycles. The van der Waals surface area contributed by atoms with Gasteiger partial charge in [-0.3, -0.25) is 4.79 Å². The lowest BCUT2D eigenvalue weighted by Gasteiger charge is -2.27. The van der Waals surface area contributed by atoms with E-state index in [1.807, 2.05) is 0 Å². The molecule has 3 atom stereocenters. The minimum absolute atomic E-state index is 0.0390. The van der Waals surface area contributed by atoms with Crippen molar-refractivity contribution in [1.82, 2.24) is 5.32 Å². The molecule has 0 aliphatic heterocycles. The zero-order chi connectivity index (χ0) is 13.2. The topological polar surface area (TPSA) is 55.1 Å². The van der Waals surface area contributed by atoms with Crippen LogP contribution >= 0.6 is 0 Å². The van der Waals surface area contributed by atoms with Crippen LogP contribution in [0.3, 0.4) is 0 Å². The molecule has 3 rings (SSSR count). The monoisotopic (exact) mass is 258 g/mol. The Morgan fingerprint density at radius 1 is 1.16 bits per heavy atom. The molecule has 0 radical (unpaired) electrons. The molecule has 19 heavy (non-hydrogen) atoms. The van der Waals surface area contributed by atoms with E-state index in [0.717, 1.165) is 38.5 Å². The van der Waals surface area contributed by atoms with E-state index < -0.39 is 0 Å². The zero-order valence-electron chi connectivity index (χ0n) is 11.3. The number of amides is 1. The van der Waals surface area contributed by atoms with Crippen molar-refractivity contribution in [3.05, 3.63) is 35.4 Å². The third-order valence-corrected chi connectivity index (χ3v) is 4.60. The molecular weight excluding hydrogens is 236 g/mol. The number of carbonyl (C=O) groups excluding carboxylic acids is 1. The number of rotatable bonds is 2. The molecule has 0 bridgehead atoms. The molecule has 3 N–H and O–H groups in total. The lowest BCUT2D eigenvalue weighted by atomic mass is 9.88. The minimum atomic E-state index is 0.0390. The van der Waals surface area contributed by atoms with Gasteiger partial charge in [-0.05, 0) is 43.2 Å². The summed E-state index contributed by atoms with van der Waals surface area (Å²) in [4.78, 5) is 12.2. The molecule has 2 aliphatic rings. The van der Waals surface area contributed by atoms with Crippen molar-refractivity contribution in [3.8, 4) is 0 Å². The summed E-state index contributed by atoms with van der Waals surface area (Å²) in [5.74, 6) is 0.214. The number of carbonyl (C=O) groups is 1. The van der Waals surface area contributed by atoms with Crippen LogP contribution in [0.25, 0.3) is 0 Å². The second-order valence-electron chi connectivity index (χ2n) is 5.92. The van der Waals surface area contributed by atoms with Crippen molar-refractivity contribution < 1.29 is 4.79 Å². The van der Waals surface area contributed by atoms with Crippen LogP contribution in [0, 0.1) is 5.92 Å². The predicted octanol–water partition coefficient (Wildman–Crippen LogP) is 1.79.